The normalized spacial score (nSPS) is 15.7. The van der Waals surface area contributed by atoms with Crippen LogP contribution in [0.1, 0.15) is 19.8 Å². The molecule has 0 aliphatic heterocycles. The molecule has 3 unspecified atom stereocenters. The van der Waals surface area contributed by atoms with Gasteiger partial charge in [-0.15, -0.1) is 0 Å². The molecule has 0 heterocycles. The quantitative estimate of drug-likeness (QED) is 0.354. The molecule has 0 spiro atoms. The Bertz CT molecular complexity index is 304. The van der Waals surface area contributed by atoms with Crippen molar-refractivity contribution in [1.29, 1.82) is 0 Å². The Morgan fingerprint density at radius 1 is 1.29 bits per heavy atom. The van der Waals surface area contributed by atoms with E-state index in [1.807, 2.05) is 0 Å². The third-order valence-electron chi connectivity index (χ3n) is 2.08. The number of rotatable bonds is 7. The second-order valence-corrected chi connectivity index (χ2v) is 3.60. The summed E-state index contributed by atoms with van der Waals surface area (Å²) in [5, 5.41) is 28.2. The van der Waals surface area contributed by atoms with E-state index < -0.39 is 36.0 Å². The van der Waals surface area contributed by atoms with Gasteiger partial charge in [-0.2, -0.15) is 0 Å². The Morgan fingerprint density at radius 3 is 2.18 bits per heavy atom. The van der Waals surface area contributed by atoms with Gasteiger partial charge in [-0.05, 0) is 13.3 Å². The van der Waals surface area contributed by atoms with Gasteiger partial charge in [0.2, 0.25) is 5.91 Å². The zero-order chi connectivity index (χ0) is 13.6. The summed E-state index contributed by atoms with van der Waals surface area (Å²) >= 11 is 0. The molecule has 0 bridgehead atoms. The van der Waals surface area contributed by atoms with Crippen LogP contribution in [0.3, 0.4) is 0 Å². The third-order valence-corrected chi connectivity index (χ3v) is 2.08. The molecule has 0 aromatic heterocycles. The van der Waals surface area contributed by atoms with Crippen LogP contribution in [-0.4, -0.2) is 51.4 Å². The van der Waals surface area contributed by atoms with E-state index in [1.54, 1.807) is 0 Å². The van der Waals surface area contributed by atoms with Crippen molar-refractivity contribution in [2.45, 2.75) is 38.0 Å². The van der Waals surface area contributed by atoms with Crippen molar-refractivity contribution in [1.82, 2.24) is 5.32 Å². The maximum atomic E-state index is 11.3. The SMILES string of the molecule is CC(O)C(N)C(=O)NC(CCC(=O)O)C(=O)O. The van der Waals surface area contributed by atoms with E-state index in [0.717, 1.165) is 0 Å². The Balaban J connectivity index is 4.39. The fourth-order valence-electron chi connectivity index (χ4n) is 1.01. The number of amides is 1. The lowest BCUT2D eigenvalue weighted by Gasteiger charge is -2.18. The molecule has 0 aliphatic carbocycles. The van der Waals surface area contributed by atoms with Crippen LogP contribution in [0.25, 0.3) is 0 Å². The van der Waals surface area contributed by atoms with E-state index in [2.05, 4.69) is 5.32 Å². The first-order valence-corrected chi connectivity index (χ1v) is 4.94. The molecule has 0 saturated heterocycles. The van der Waals surface area contributed by atoms with E-state index in [0.29, 0.717) is 0 Å². The highest BCUT2D eigenvalue weighted by molar-refractivity contribution is 5.87. The second-order valence-electron chi connectivity index (χ2n) is 3.60. The molecule has 1 amide bonds. The molecule has 0 saturated carbocycles. The molecule has 3 atom stereocenters. The number of hydrogen-bond donors (Lipinski definition) is 5. The van der Waals surface area contributed by atoms with Gasteiger partial charge in [0.1, 0.15) is 12.1 Å². The second kappa shape index (κ2) is 6.81. The molecule has 6 N–H and O–H groups in total. The molecule has 0 aromatic carbocycles. The number of nitrogens with one attached hydrogen (secondary N) is 1. The smallest absolute Gasteiger partial charge is 0.326 e. The highest BCUT2D eigenvalue weighted by atomic mass is 16.4. The Hall–Kier alpha value is -1.67. The van der Waals surface area contributed by atoms with E-state index in [9.17, 15) is 14.4 Å². The fourth-order valence-corrected chi connectivity index (χ4v) is 1.01. The van der Waals surface area contributed by atoms with Gasteiger partial charge in [-0.25, -0.2) is 4.79 Å². The Labute approximate surface area is 97.4 Å². The number of aliphatic hydroxyl groups is 1. The highest BCUT2D eigenvalue weighted by Gasteiger charge is 2.25. The van der Waals surface area contributed by atoms with Crippen LogP contribution in [0, 0.1) is 0 Å². The van der Waals surface area contributed by atoms with Gasteiger partial charge in [-0.1, -0.05) is 0 Å². The number of carbonyl (C=O) groups is 3. The van der Waals surface area contributed by atoms with Crippen LogP contribution in [0.2, 0.25) is 0 Å². The van der Waals surface area contributed by atoms with Gasteiger partial charge in [0, 0.05) is 6.42 Å². The van der Waals surface area contributed by atoms with Gasteiger partial charge in [-0.3, -0.25) is 9.59 Å². The molecule has 98 valence electrons. The van der Waals surface area contributed by atoms with Crippen molar-refractivity contribution >= 4 is 17.8 Å². The van der Waals surface area contributed by atoms with E-state index in [4.69, 9.17) is 21.1 Å². The first-order valence-electron chi connectivity index (χ1n) is 4.94. The average molecular weight is 248 g/mol. The monoisotopic (exact) mass is 248 g/mol. The number of carbonyl (C=O) groups excluding carboxylic acids is 1. The van der Waals surface area contributed by atoms with Crippen molar-refractivity contribution in [3.8, 4) is 0 Å². The van der Waals surface area contributed by atoms with E-state index in [-0.39, 0.29) is 12.8 Å². The fraction of sp³-hybridized carbons (Fsp3) is 0.667. The molecule has 8 heteroatoms. The summed E-state index contributed by atoms with van der Waals surface area (Å²) in [4.78, 5) is 32.4. The summed E-state index contributed by atoms with van der Waals surface area (Å²) in [6, 6.07) is -2.58. The minimum Gasteiger partial charge on any atom is -0.481 e. The summed E-state index contributed by atoms with van der Waals surface area (Å²) in [6.45, 7) is 1.29. The van der Waals surface area contributed by atoms with Crippen LogP contribution in [0.4, 0.5) is 0 Å². The van der Waals surface area contributed by atoms with Crippen LogP contribution >= 0.6 is 0 Å². The lowest BCUT2D eigenvalue weighted by atomic mass is 10.1. The van der Waals surface area contributed by atoms with Crippen LogP contribution < -0.4 is 11.1 Å². The Morgan fingerprint density at radius 2 is 1.82 bits per heavy atom. The number of nitrogens with two attached hydrogens (primary N) is 1. The number of carboxylic acid groups (broad SMARTS) is 2. The predicted molar refractivity (Wildman–Crippen MR) is 56.1 cm³/mol. The lowest BCUT2D eigenvalue weighted by molar-refractivity contribution is -0.143. The van der Waals surface area contributed by atoms with Gasteiger partial charge in [0.15, 0.2) is 0 Å². The summed E-state index contributed by atoms with van der Waals surface area (Å²) in [6.07, 6.45) is -1.76. The zero-order valence-corrected chi connectivity index (χ0v) is 9.29. The first-order chi connectivity index (χ1) is 7.75. The summed E-state index contributed by atoms with van der Waals surface area (Å²) < 4.78 is 0. The molecule has 8 nitrogen and oxygen atoms in total. The molecule has 0 fully saturated rings. The average Bonchev–Trinajstić information content (AvgIpc) is 2.21. The van der Waals surface area contributed by atoms with Crippen molar-refractivity contribution in [2.75, 3.05) is 0 Å². The first kappa shape index (κ1) is 15.3. The molecule has 0 aromatic rings. The molecule has 0 radical (unpaired) electrons. The largest absolute Gasteiger partial charge is 0.481 e. The van der Waals surface area contributed by atoms with Crippen molar-refractivity contribution in [3.05, 3.63) is 0 Å². The lowest BCUT2D eigenvalue weighted by Crippen LogP contribution is -2.52. The van der Waals surface area contributed by atoms with Crippen molar-refractivity contribution in [2.24, 2.45) is 5.73 Å². The van der Waals surface area contributed by atoms with Gasteiger partial charge < -0.3 is 26.4 Å². The van der Waals surface area contributed by atoms with Crippen molar-refractivity contribution in [3.63, 3.8) is 0 Å². The van der Waals surface area contributed by atoms with Crippen LogP contribution in [0.5, 0.6) is 0 Å². The molecule has 17 heavy (non-hydrogen) atoms. The number of aliphatic carboxylic acids is 2. The standard InChI is InChI=1S/C9H16N2O6/c1-4(12)7(10)8(15)11-5(9(16)17)2-3-6(13)14/h4-5,7,12H,2-3,10H2,1H3,(H,11,15)(H,13,14)(H,16,17). The van der Waals surface area contributed by atoms with Gasteiger partial charge >= 0.3 is 11.9 Å². The van der Waals surface area contributed by atoms with E-state index >= 15 is 0 Å². The van der Waals surface area contributed by atoms with Gasteiger partial charge in [0.25, 0.3) is 0 Å². The number of carboxylic acids is 2. The zero-order valence-electron chi connectivity index (χ0n) is 9.29. The number of aliphatic hydroxyl groups excluding tert-OH is 1. The number of hydrogen-bond acceptors (Lipinski definition) is 5. The molecule has 0 aliphatic rings. The Kier molecular flexibility index (Phi) is 6.15. The highest BCUT2D eigenvalue weighted by Crippen LogP contribution is 1.99. The predicted octanol–water partition coefficient (Wildman–Crippen LogP) is -1.87. The topological polar surface area (TPSA) is 150 Å². The van der Waals surface area contributed by atoms with Crippen LogP contribution in [-0.2, 0) is 14.4 Å². The summed E-state index contributed by atoms with van der Waals surface area (Å²) in [5.74, 6) is -3.35. The minimum absolute atomic E-state index is 0.247. The molecule has 0 rings (SSSR count). The maximum Gasteiger partial charge on any atom is 0.326 e. The van der Waals surface area contributed by atoms with Gasteiger partial charge in [0.05, 0.1) is 6.10 Å². The summed E-state index contributed by atoms with van der Waals surface area (Å²) in [5.41, 5.74) is 5.29. The van der Waals surface area contributed by atoms with E-state index in [1.165, 1.54) is 6.92 Å². The molecular formula is C9H16N2O6. The summed E-state index contributed by atoms with van der Waals surface area (Å²) in [7, 11) is 0. The van der Waals surface area contributed by atoms with Crippen molar-refractivity contribution < 1.29 is 29.7 Å². The molecular weight excluding hydrogens is 232 g/mol. The minimum atomic E-state index is -1.35. The maximum absolute atomic E-state index is 11.3. The third kappa shape index (κ3) is 5.83. The van der Waals surface area contributed by atoms with Crippen LogP contribution in [0.15, 0.2) is 0 Å².